The van der Waals surface area contributed by atoms with Crippen LogP contribution in [0.25, 0.3) is 0 Å². The van der Waals surface area contributed by atoms with Crippen LogP contribution in [-0.4, -0.2) is 11.5 Å². The van der Waals surface area contributed by atoms with Gasteiger partial charge in [0.25, 0.3) is 0 Å². The van der Waals surface area contributed by atoms with Crippen molar-refractivity contribution in [3.63, 3.8) is 0 Å². The van der Waals surface area contributed by atoms with Crippen LogP contribution in [0.1, 0.15) is 37.6 Å². The van der Waals surface area contributed by atoms with Gasteiger partial charge in [-0.3, -0.25) is 0 Å². The molecule has 14 heavy (non-hydrogen) atoms. The third kappa shape index (κ3) is 4.20. The summed E-state index contributed by atoms with van der Waals surface area (Å²) in [5.74, 6) is 0. The Balaban J connectivity index is 2.31. The van der Waals surface area contributed by atoms with Gasteiger partial charge in [-0.15, -0.1) is 11.3 Å². The highest BCUT2D eigenvalue weighted by Gasteiger charge is 2.09. The molecule has 0 fully saturated rings. The van der Waals surface area contributed by atoms with Gasteiger partial charge in [-0.25, -0.2) is 4.98 Å². The van der Waals surface area contributed by atoms with Crippen LogP contribution in [0.2, 0.25) is 0 Å². The van der Waals surface area contributed by atoms with Gasteiger partial charge in [-0.1, -0.05) is 27.7 Å². The Morgan fingerprint density at radius 2 is 2.14 bits per heavy atom. The molecule has 0 atom stereocenters. The van der Waals surface area contributed by atoms with Gasteiger partial charge in [-0.05, 0) is 11.8 Å². The summed E-state index contributed by atoms with van der Waals surface area (Å²) in [6, 6.07) is 0. The summed E-state index contributed by atoms with van der Waals surface area (Å²) in [6.45, 7) is 10.9. The van der Waals surface area contributed by atoms with Gasteiger partial charge in [0.15, 0.2) is 0 Å². The fourth-order valence-corrected chi connectivity index (χ4v) is 1.99. The molecule has 0 saturated heterocycles. The molecule has 0 amide bonds. The first-order valence-electron chi connectivity index (χ1n) is 5.15. The molecule has 0 aliphatic heterocycles. The monoisotopic (exact) mass is 212 g/mol. The number of aryl methyl sites for hydroxylation is 1. The van der Waals surface area contributed by atoms with Crippen LogP contribution in [0.5, 0.6) is 0 Å². The maximum atomic E-state index is 4.33. The molecule has 1 N–H and O–H groups in total. The Bertz CT molecular complexity index is 273. The molecule has 0 spiro atoms. The Hall–Kier alpha value is -0.410. The lowest BCUT2D eigenvalue weighted by atomic mass is 9.97. The van der Waals surface area contributed by atoms with Crippen LogP contribution in [0.3, 0.4) is 0 Å². The van der Waals surface area contributed by atoms with Crippen LogP contribution < -0.4 is 5.32 Å². The van der Waals surface area contributed by atoms with Crippen molar-refractivity contribution in [3.8, 4) is 0 Å². The summed E-state index contributed by atoms with van der Waals surface area (Å²) < 4.78 is 0. The number of aromatic nitrogens is 1. The molecule has 0 aliphatic rings. The molecular weight excluding hydrogens is 192 g/mol. The van der Waals surface area contributed by atoms with E-state index in [2.05, 4.69) is 38.0 Å². The summed E-state index contributed by atoms with van der Waals surface area (Å²) >= 11 is 1.81. The lowest BCUT2D eigenvalue weighted by molar-refractivity contribution is 0.380. The van der Waals surface area contributed by atoms with Crippen molar-refractivity contribution in [2.75, 3.05) is 6.54 Å². The predicted octanol–water partition coefficient (Wildman–Crippen LogP) is 2.84. The average Bonchev–Trinajstić information content (AvgIpc) is 2.50. The number of hydrogen-bond acceptors (Lipinski definition) is 3. The molecule has 0 saturated carbocycles. The van der Waals surface area contributed by atoms with Crippen LogP contribution >= 0.6 is 11.3 Å². The molecule has 2 nitrogen and oxygen atoms in total. The van der Waals surface area contributed by atoms with E-state index in [1.54, 1.807) is 0 Å². The molecule has 1 aromatic rings. The molecule has 1 aromatic heterocycles. The first-order chi connectivity index (χ1) is 6.51. The molecular formula is C11H20N2S. The Morgan fingerprint density at radius 3 is 2.64 bits per heavy atom. The normalized spacial score (nSPS) is 12.0. The van der Waals surface area contributed by atoms with Crippen molar-refractivity contribution in [2.45, 2.75) is 40.7 Å². The SMILES string of the molecule is CCc1ncc(CNCC(C)(C)C)s1. The van der Waals surface area contributed by atoms with Gasteiger partial charge in [-0.2, -0.15) is 0 Å². The highest BCUT2D eigenvalue weighted by atomic mass is 32.1. The average molecular weight is 212 g/mol. The summed E-state index contributed by atoms with van der Waals surface area (Å²) in [5.41, 5.74) is 0.359. The summed E-state index contributed by atoms with van der Waals surface area (Å²) in [4.78, 5) is 5.67. The van der Waals surface area contributed by atoms with Crippen LogP contribution in [0.15, 0.2) is 6.20 Å². The third-order valence-electron chi connectivity index (χ3n) is 1.86. The quantitative estimate of drug-likeness (QED) is 0.830. The van der Waals surface area contributed by atoms with E-state index >= 15 is 0 Å². The van der Waals surface area contributed by atoms with E-state index in [1.807, 2.05) is 17.5 Å². The van der Waals surface area contributed by atoms with Gasteiger partial charge in [0.2, 0.25) is 0 Å². The second kappa shape index (κ2) is 4.89. The lowest BCUT2D eigenvalue weighted by Crippen LogP contribution is -2.26. The van der Waals surface area contributed by atoms with E-state index in [9.17, 15) is 0 Å². The fraction of sp³-hybridized carbons (Fsp3) is 0.727. The molecule has 0 aliphatic carbocycles. The molecule has 3 heteroatoms. The Labute approximate surface area is 90.8 Å². The summed E-state index contributed by atoms with van der Waals surface area (Å²) in [5, 5.41) is 4.68. The largest absolute Gasteiger partial charge is 0.311 e. The van der Waals surface area contributed by atoms with Gasteiger partial charge in [0.05, 0.1) is 5.01 Å². The minimum atomic E-state index is 0.359. The number of thiazole rings is 1. The Kier molecular flexibility index (Phi) is 4.08. The zero-order chi connectivity index (χ0) is 10.6. The van der Waals surface area contributed by atoms with Crippen molar-refractivity contribution in [3.05, 3.63) is 16.1 Å². The molecule has 1 heterocycles. The highest BCUT2D eigenvalue weighted by molar-refractivity contribution is 7.11. The zero-order valence-corrected chi connectivity index (χ0v) is 10.4. The maximum Gasteiger partial charge on any atom is 0.0925 e. The molecule has 0 aromatic carbocycles. The van der Waals surface area contributed by atoms with E-state index in [1.165, 1.54) is 9.88 Å². The predicted molar refractivity (Wildman–Crippen MR) is 62.7 cm³/mol. The first-order valence-corrected chi connectivity index (χ1v) is 5.97. The van der Waals surface area contributed by atoms with Gasteiger partial charge < -0.3 is 5.32 Å². The van der Waals surface area contributed by atoms with Crippen molar-refractivity contribution in [1.82, 2.24) is 10.3 Å². The minimum absolute atomic E-state index is 0.359. The van der Waals surface area contributed by atoms with Crippen molar-refractivity contribution in [2.24, 2.45) is 5.41 Å². The molecule has 0 bridgehead atoms. The van der Waals surface area contributed by atoms with E-state index in [-0.39, 0.29) is 0 Å². The van der Waals surface area contributed by atoms with Gasteiger partial charge in [0, 0.05) is 24.2 Å². The number of nitrogens with zero attached hydrogens (tertiary/aromatic N) is 1. The fourth-order valence-electron chi connectivity index (χ4n) is 1.15. The van der Waals surface area contributed by atoms with Gasteiger partial charge in [0.1, 0.15) is 0 Å². The molecule has 1 rings (SSSR count). The van der Waals surface area contributed by atoms with E-state index in [4.69, 9.17) is 0 Å². The first kappa shape index (κ1) is 11.7. The maximum absolute atomic E-state index is 4.33. The molecule has 0 radical (unpaired) electrons. The number of rotatable bonds is 4. The lowest BCUT2D eigenvalue weighted by Gasteiger charge is -2.18. The van der Waals surface area contributed by atoms with Crippen molar-refractivity contribution in [1.29, 1.82) is 0 Å². The van der Waals surface area contributed by atoms with Crippen LogP contribution in [0.4, 0.5) is 0 Å². The van der Waals surface area contributed by atoms with E-state index in [0.717, 1.165) is 19.5 Å². The topological polar surface area (TPSA) is 24.9 Å². The van der Waals surface area contributed by atoms with Crippen molar-refractivity contribution < 1.29 is 0 Å². The zero-order valence-electron chi connectivity index (χ0n) is 9.55. The third-order valence-corrected chi connectivity index (χ3v) is 3.00. The molecule has 80 valence electrons. The van der Waals surface area contributed by atoms with Crippen LogP contribution in [0, 0.1) is 5.41 Å². The van der Waals surface area contributed by atoms with E-state index in [0.29, 0.717) is 5.41 Å². The second-order valence-electron chi connectivity index (χ2n) is 4.74. The minimum Gasteiger partial charge on any atom is -0.311 e. The molecule has 0 unspecified atom stereocenters. The number of nitrogens with one attached hydrogen (secondary N) is 1. The summed E-state index contributed by atoms with van der Waals surface area (Å²) in [6.07, 6.45) is 3.03. The van der Waals surface area contributed by atoms with E-state index < -0.39 is 0 Å². The van der Waals surface area contributed by atoms with Crippen molar-refractivity contribution >= 4 is 11.3 Å². The smallest absolute Gasteiger partial charge is 0.0925 e. The van der Waals surface area contributed by atoms with Crippen LogP contribution in [-0.2, 0) is 13.0 Å². The highest BCUT2D eigenvalue weighted by Crippen LogP contribution is 2.14. The Morgan fingerprint density at radius 1 is 1.43 bits per heavy atom. The second-order valence-corrected chi connectivity index (χ2v) is 5.94. The standard InChI is InChI=1S/C11H20N2S/c1-5-10-13-7-9(14-10)6-12-8-11(2,3)4/h7,12H,5-6,8H2,1-4H3. The van der Waals surface area contributed by atoms with Gasteiger partial charge >= 0.3 is 0 Å². The number of hydrogen-bond donors (Lipinski definition) is 1. The summed E-state index contributed by atoms with van der Waals surface area (Å²) in [7, 11) is 0.